The Hall–Kier alpha value is -2.29. The summed E-state index contributed by atoms with van der Waals surface area (Å²) in [6.45, 7) is 1.43. The zero-order valence-corrected chi connectivity index (χ0v) is 13.3. The van der Waals surface area contributed by atoms with E-state index in [9.17, 15) is 8.78 Å². The van der Waals surface area contributed by atoms with Crippen LogP contribution in [-0.4, -0.2) is 29.8 Å². The van der Waals surface area contributed by atoms with Gasteiger partial charge in [0.15, 0.2) is 0 Å². The quantitative estimate of drug-likeness (QED) is 0.670. The van der Waals surface area contributed by atoms with E-state index < -0.39 is 6.55 Å². The molecule has 6 nitrogen and oxygen atoms in total. The van der Waals surface area contributed by atoms with Crippen LogP contribution in [0.15, 0.2) is 35.7 Å². The van der Waals surface area contributed by atoms with Crippen LogP contribution >= 0.6 is 11.8 Å². The summed E-state index contributed by atoms with van der Waals surface area (Å²) in [5, 5.41) is 12.1. The van der Waals surface area contributed by atoms with Crippen LogP contribution in [0, 0.1) is 13.8 Å². The van der Waals surface area contributed by atoms with Crippen LogP contribution in [0.4, 0.5) is 8.78 Å². The Kier molecular flexibility index (Phi) is 4.37. The molecule has 0 spiro atoms. The van der Waals surface area contributed by atoms with Gasteiger partial charge in [0.05, 0.1) is 11.4 Å². The van der Waals surface area contributed by atoms with Crippen LogP contribution in [0.5, 0.6) is 0 Å². The lowest BCUT2D eigenvalue weighted by Gasteiger charge is -2.08. The second kappa shape index (κ2) is 6.45. The van der Waals surface area contributed by atoms with Gasteiger partial charge >= 0.3 is 6.55 Å². The van der Waals surface area contributed by atoms with E-state index in [1.54, 1.807) is 4.68 Å². The Morgan fingerprint density at radius 2 is 2.04 bits per heavy atom. The van der Waals surface area contributed by atoms with Crippen molar-refractivity contribution in [3.63, 3.8) is 0 Å². The maximum atomic E-state index is 12.8. The molecule has 0 N–H and O–H groups in total. The van der Waals surface area contributed by atoms with Crippen molar-refractivity contribution in [2.24, 2.45) is 0 Å². The molecule has 0 bridgehead atoms. The van der Waals surface area contributed by atoms with Crippen molar-refractivity contribution >= 4 is 11.8 Å². The van der Waals surface area contributed by atoms with Gasteiger partial charge in [-0.15, -0.1) is 5.10 Å². The number of tetrazole rings is 1. The first-order valence-corrected chi connectivity index (χ1v) is 7.83. The fourth-order valence-corrected chi connectivity index (χ4v) is 2.89. The molecule has 120 valence electrons. The highest BCUT2D eigenvalue weighted by Gasteiger charge is 2.15. The molecule has 0 saturated carbocycles. The van der Waals surface area contributed by atoms with Crippen molar-refractivity contribution in [1.29, 1.82) is 0 Å². The van der Waals surface area contributed by atoms with Gasteiger partial charge in [0.1, 0.15) is 5.82 Å². The van der Waals surface area contributed by atoms with Gasteiger partial charge in [-0.3, -0.25) is 4.57 Å². The topological polar surface area (TPSA) is 61.4 Å². The average Bonchev–Trinajstić information content (AvgIpc) is 3.16. The summed E-state index contributed by atoms with van der Waals surface area (Å²) in [6, 6.07) is 5.89. The summed E-state index contributed by atoms with van der Waals surface area (Å²) in [7, 11) is 0. The molecule has 3 aromatic rings. The average molecular weight is 336 g/mol. The van der Waals surface area contributed by atoms with Gasteiger partial charge in [0, 0.05) is 12.4 Å². The molecule has 0 saturated heterocycles. The van der Waals surface area contributed by atoms with E-state index in [1.165, 1.54) is 29.7 Å². The lowest BCUT2D eigenvalue weighted by molar-refractivity contribution is 0.0678. The largest absolute Gasteiger partial charge is 0.319 e. The molecule has 0 aliphatic carbocycles. The van der Waals surface area contributed by atoms with Crippen LogP contribution in [0.2, 0.25) is 0 Å². The zero-order chi connectivity index (χ0) is 16.4. The highest BCUT2D eigenvalue weighted by atomic mass is 32.2. The van der Waals surface area contributed by atoms with Gasteiger partial charge in [0.25, 0.3) is 0 Å². The molecule has 9 heteroatoms. The summed E-state index contributed by atoms with van der Waals surface area (Å²) < 4.78 is 28.1. The molecule has 2 heterocycles. The minimum Gasteiger partial charge on any atom is -0.277 e. The Bertz CT molecular complexity index is 813. The van der Waals surface area contributed by atoms with Gasteiger partial charge in [-0.1, -0.05) is 17.8 Å². The minimum atomic E-state index is -2.61. The maximum Gasteiger partial charge on any atom is 0.319 e. The Balaban J connectivity index is 1.81. The second-order valence-electron chi connectivity index (χ2n) is 4.96. The van der Waals surface area contributed by atoms with Crippen molar-refractivity contribution in [3.05, 3.63) is 47.5 Å². The SMILES string of the molecule is Cc1ccc(-n2nnnc2SCc2nccn2C(F)F)cc1C. The number of aromatic nitrogens is 6. The first-order chi connectivity index (χ1) is 11.1. The first-order valence-electron chi connectivity index (χ1n) is 6.85. The van der Waals surface area contributed by atoms with E-state index in [0.717, 1.165) is 15.8 Å². The number of aryl methyl sites for hydroxylation is 2. The summed E-state index contributed by atoms with van der Waals surface area (Å²) in [5.41, 5.74) is 3.13. The van der Waals surface area contributed by atoms with Gasteiger partial charge in [-0.2, -0.15) is 13.5 Å². The van der Waals surface area contributed by atoms with Crippen molar-refractivity contribution in [3.8, 4) is 5.69 Å². The van der Waals surface area contributed by atoms with Gasteiger partial charge < -0.3 is 0 Å². The van der Waals surface area contributed by atoms with Gasteiger partial charge in [0.2, 0.25) is 5.16 Å². The third-order valence-electron chi connectivity index (χ3n) is 3.47. The third-order valence-corrected chi connectivity index (χ3v) is 4.38. The summed E-state index contributed by atoms with van der Waals surface area (Å²) >= 11 is 1.26. The molecule has 3 rings (SSSR count). The van der Waals surface area contributed by atoms with E-state index in [2.05, 4.69) is 20.5 Å². The minimum absolute atomic E-state index is 0.253. The Morgan fingerprint density at radius 3 is 2.78 bits per heavy atom. The van der Waals surface area contributed by atoms with Gasteiger partial charge in [-0.25, -0.2) is 4.98 Å². The lowest BCUT2D eigenvalue weighted by Crippen LogP contribution is -2.04. The van der Waals surface area contributed by atoms with Crippen molar-refractivity contribution in [2.75, 3.05) is 0 Å². The molecular weight excluding hydrogens is 322 g/mol. The molecule has 0 unspecified atom stereocenters. The second-order valence-corrected chi connectivity index (χ2v) is 5.90. The fraction of sp³-hybridized carbons (Fsp3) is 0.286. The number of alkyl halides is 2. The number of rotatable bonds is 5. The summed E-state index contributed by atoms with van der Waals surface area (Å²) in [4.78, 5) is 3.95. The fourth-order valence-electron chi connectivity index (χ4n) is 2.05. The molecule has 0 radical (unpaired) electrons. The zero-order valence-electron chi connectivity index (χ0n) is 12.5. The molecule has 0 aliphatic heterocycles. The number of thioether (sulfide) groups is 1. The normalized spacial score (nSPS) is 11.3. The van der Waals surface area contributed by atoms with Crippen molar-refractivity contribution in [2.45, 2.75) is 31.3 Å². The molecule has 0 amide bonds. The van der Waals surface area contributed by atoms with Crippen LogP contribution in [0.3, 0.4) is 0 Å². The van der Waals surface area contributed by atoms with Crippen LogP contribution in [0.1, 0.15) is 23.5 Å². The van der Waals surface area contributed by atoms with Crippen LogP contribution < -0.4 is 0 Å². The first kappa shape index (κ1) is 15.6. The number of nitrogens with zero attached hydrogens (tertiary/aromatic N) is 6. The summed E-state index contributed by atoms with van der Waals surface area (Å²) in [6.07, 6.45) is 2.61. The molecule has 0 aliphatic rings. The van der Waals surface area contributed by atoms with Crippen molar-refractivity contribution < 1.29 is 8.78 Å². The smallest absolute Gasteiger partial charge is 0.277 e. The molecule has 0 atom stereocenters. The highest BCUT2D eigenvalue weighted by molar-refractivity contribution is 7.98. The Labute approximate surface area is 135 Å². The number of benzene rings is 1. The lowest BCUT2D eigenvalue weighted by atomic mass is 10.1. The molecule has 23 heavy (non-hydrogen) atoms. The van der Waals surface area contributed by atoms with Crippen molar-refractivity contribution in [1.82, 2.24) is 29.8 Å². The predicted octanol–water partition coefficient (Wildman–Crippen LogP) is 3.16. The van der Waals surface area contributed by atoms with E-state index >= 15 is 0 Å². The number of hydrogen-bond donors (Lipinski definition) is 0. The van der Waals surface area contributed by atoms with E-state index in [1.807, 2.05) is 32.0 Å². The Morgan fingerprint density at radius 1 is 1.22 bits per heavy atom. The maximum absolute atomic E-state index is 12.8. The predicted molar refractivity (Wildman–Crippen MR) is 81.7 cm³/mol. The number of imidazole rings is 1. The molecule has 2 aromatic heterocycles. The molecule has 0 fully saturated rings. The van der Waals surface area contributed by atoms with E-state index in [-0.39, 0.29) is 11.6 Å². The standard InChI is InChI=1S/C14H14F2N6S/c1-9-3-4-11(7-10(9)2)22-14(18-19-20-22)23-8-12-17-5-6-21(12)13(15)16/h3-7,13H,8H2,1-2H3. The third kappa shape index (κ3) is 3.24. The molecular formula is C14H14F2N6S. The van der Waals surface area contributed by atoms with E-state index in [0.29, 0.717) is 5.16 Å². The van der Waals surface area contributed by atoms with Crippen LogP contribution in [-0.2, 0) is 5.75 Å². The summed E-state index contributed by atoms with van der Waals surface area (Å²) in [5.74, 6) is 0.530. The number of hydrogen-bond acceptors (Lipinski definition) is 5. The number of halogens is 2. The highest BCUT2D eigenvalue weighted by Crippen LogP contribution is 2.24. The van der Waals surface area contributed by atoms with Crippen LogP contribution in [0.25, 0.3) is 5.69 Å². The monoisotopic (exact) mass is 336 g/mol. The molecule has 1 aromatic carbocycles. The van der Waals surface area contributed by atoms with E-state index in [4.69, 9.17) is 0 Å². The van der Waals surface area contributed by atoms with Gasteiger partial charge in [-0.05, 0) is 47.5 Å².